The third-order valence-electron chi connectivity index (χ3n) is 4.09. The van der Waals surface area contributed by atoms with Crippen LogP contribution in [0.2, 0.25) is 5.02 Å². The van der Waals surface area contributed by atoms with Crippen molar-refractivity contribution >= 4 is 33.4 Å². The first-order chi connectivity index (χ1) is 13.2. The van der Waals surface area contributed by atoms with Crippen LogP contribution >= 0.6 is 11.6 Å². The highest BCUT2D eigenvalue weighted by atomic mass is 35.5. The molecule has 0 saturated carbocycles. The lowest BCUT2D eigenvalue weighted by Crippen LogP contribution is -2.39. The lowest BCUT2D eigenvalue weighted by molar-refractivity contribution is -0.121. The number of amides is 2. The van der Waals surface area contributed by atoms with Gasteiger partial charge >= 0.3 is 0 Å². The molecule has 0 atom stereocenters. The Hall–Kier alpha value is -1.68. The molecular formula is C18H28ClN3O5S. The molecule has 2 amide bonds. The lowest BCUT2D eigenvalue weighted by atomic mass is 10.2. The fourth-order valence-electron chi connectivity index (χ4n) is 2.53. The van der Waals surface area contributed by atoms with E-state index in [2.05, 4.69) is 5.32 Å². The van der Waals surface area contributed by atoms with Gasteiger partial charge in [-0.05, 0) is 24.6 Å². The van der Waals surface area contributed by atoms with Crippen LogP contribution in [-0.2, 0) is 19.6 Å². The molecule has 0 heterocycles. The molecule has 0 aliphatic heterocycles. The van der Waals surface area contributed by atoms with Gasteiger partial charge in [0.05, 0.1) is 22.0 Å². The molecule has 0 unspecified atom stereocenters. The normalized spacial score (nSPS) is 11.5. The molecule has 0 radical (unpaired) electrons. The van der Waals surface area contributed by atoms with E-state index in [9.17, 15) is 18.0 Å². The van der Waals surface area contributed by atoms with Crippen LogP contribution in [0.3, 0.4) is 0 Å². The highest BCUT2D eigenvalue weighted by molar-refractivity contribution is 7.89. The summed E-state index contributed by atoms with van der Waals surface area (Å²) in [5.74, 6) is -0.858. The van der Waals surface area contributed by atoms with Crippen LogP contribution in [0.15, 0.2) is 23.1 Å². The van der Waals surface area contributed by atoms with Crippen molar-refractivity contribution in [3.8, 4) is 0 Å². The highest BCUT2D eigenvalue weighted by Gasteiger charge is 2.25. The van der Waals surface area contributed by atoms with Gasteiger partial charge in [-0.15, -0.1) is 0 Å². The van der Waals surface area contributed by atoms with Gasteiger partial charge in [-0.3, -0.25) is 9.59 Å². The summed E-state index contributed by atoms with van der Waals surface area (Å²) < 4.78 is 31.6. The summed E-state index contributed by atoms with van der Waals surface area (Å²) in [5, 5.41) is 2.81. The Bertz CT molecular complexity index is 781. The van der Waals surface area contributed by atoms with Crippen LogP contribution in [0.4, 0.5) is 0 Å². The molecule has 0 aliphatic rings. The van der Waals surface area contributed by atoms with Gasteiger partial charge in [-0.2, -0.15) is 4.31 Å². The predicted octanol–water partition coefficient (Wildman–Crippen LogP) is 1.60. The maximum atomic E-state index is 12.7. The lowest BCUT2D eigenvalue weighted by Gasteiger charge is -2.20. The Morgan fingerprint density at radius 1 is 1.21 bits per heavy atom. The predicted molar refractivity (Wildman–Crippen MR) is 108 cm³/mol. The molecule has 10 heteroatoms. The zero-order chi connectivity index (χ0) is 21.3. The average Bonchev–Trinajstić information content (AvgIpc) is 2.65. The molecule has 0 aliphatic carbocycles. The van der Waals surface area contributed by atoms with Crippen molar-refractivity contribution in [1.29, 1.82) is 0 Å². The van der Waals surface area contributed by atoms with E-state index in [1.54, 1.807) is 21.0 Å². The number of carbonyl (C=O) groups is 2. The number of carbonyl (C=O) groups excluding carboxylic acids is 2. The monoisotopic (exact) mass is 433 g/mol. The molecular weight excluding hydrogens is 406 g/mol. The van der Waals surface area contributed by atoms with Crippen molar-refractivity contribution in [1.82, 2.24) is 14.5 Å². The Labute approximate surface area is 171 Å². The van der Waals surface area contributed by atoms with E-state index in [-0.39, 0.29) is 27.9 Å². The van der Waals surface area contributed by atoms with Crippen molar-refractivity contribution < 1.29 is 22.7 Å². The molecule has 1 aromatic rings. The summed E-state index contributed by atoms with van der Waals surface area (Å²) in [7, 11) is -0.694. The van der Waals surface area contributed by atoms with E-state index >= 15 is 0 Å². The summed E-state index contributed by atoms with van der Waals surface area (Å²) in [4.78, 5) is 25.8. The van der Waals surface area contributed by atoms with E-state index in [1.807, 2.05) is 0 Å². The first-order valence-corrected chi connectivity index (χ1v) is 10.8. The number of hydrogen-bond acceptors (Lipinski definition) is 5. The topological polar surface area (TPSA) is 96.0 Å². The van der Waals surface area contributed by atoms with Crippen molar-refractivity contribution in [2.24, 2.45) is 0 Å². The maximum Gasteiger partial charge on any atom is 0.255 e. The minimum Gasteiger partial charge on any atom is -0.385 e. The van der Waals surface area contributed by atoms with Gasteiger partial charge in [0, 0.05) is 40.4 Å². The summed E-state index contributed by atoms with van der Waals surface area (Å²) in [5.41, 5.74) is 0.0320. The van der Waals surface area contributed by atoms with Crippen LogP contribution in [0.25, 0.3) is 0 Å². The SMILES string of the molecule is CCN(CC)S(=O)(=O)c1ccc(Cl)c(C(=O)N(C)CC(=O)NCCCOC)c1. The summed E-state index contributed by atoms with van der Waals surface area (Å²) in [6.45, 7) is 4.90. The first-order valence-electron chi connectivity index (χ1n) is 8.99. The van der Waals surface area contributed by atoms with Crippen LogP contribution in [-0.4, -0.2) is 76.4 Å². The number of likely N-dealkylation sites (N-methyl/N-ethyl adjacent to an activating group) is 1. The fraction of sp³-hybridized carbons (Fsp3) is 0.556. The first kappa shape index (κ1) is 24.4. The number of ether oxygens (including phenoxy) is 1. The molecule has 158 valence electrons. The summed E-state index contributed by atoms with van der Waals surface area (Å²) in [6, 6.07) is 4.00. The molecule has 1 aromatic carbocycles. The fourth-order valence-corrected chi connectivity index (χ4v) is 4.22. The minimum atomic E-state index is -3.73. The number of nitrogens with zero attached hydrogens (tertiary/aromatic N) is 2. The number of nitrogens with one attached hydrogen (secondary N) is 1. The van der Waals surface area contributed by atoms with Gasteiger partial charge in [-0.25, -0.2) is 8.42 Å². The van der Waals surface area contributed by atoms with E-state index in [0.29, 0.717) is 32.7 Å². The van der Waals surface area contributed by atoms with Crippen LogP contribution in [0.1, 0.15) is 30.6 Å². The standard InChI is InChI=1S/C18H28ClN3O5S/c1-5-22(6-2)28(25,26)14-8-9-16(19)15(12-14)18(24)21(3)13-17(23)20-10-7-11-27-4/h8-9,12H,5-7,10-11,13H2,1-4H3,(H,20,23). The number of methoxy groups -OCH3 is 1. The Morgan fingerprint density at radius 3 is 2.43 bits per heavy atom. The quantitative estimate of drug-likeness (QED) is 0.534. The third-order valence-corrected chi connectivity index (χ3v) is 6.46. The van der Waals surface area contributed by atoms with Crippen molar-refractivity contribution in [2.45, 2.75) is 25.2 Å². The molecule has 0 aromatic heterocycles. The molecule has 8 nitrogen and oxygen atoms in total. The Morgan fingerprint density at radius 2 is 1.86 bits per heavy atom. The summed E-state index contributed by atoms with van der Waals surface area (Å²) >= 11 is 6.12. The molecule has 0 fully saturated rings. The third kappa shape index (κ3) is 6.44. The van der Waals surface area contributed by atoms with Gasteiger partial charge in [0.15, 0.2) is 0 Å². The van der Waals surface area contributed by atoms with Gasteiger partial charge in [0.25, 0.3) is 5.91 Å². The van der Waals surface area contributed by atoms with Crippen LogP contribution in [0.5, 0.6) is 0 Å². The average molecular weight is 434 g/mol. The van der Waals surface area contributed by atoms with E-state index < -0.39 is 15.9 Å². The van der Waals surface area contributed by atoms with E-state index in [0.717, 1.165) is 0 Å². The number of benzene rings is 1. The zero-order valence-corrected chi connectivity index (χ0v) is 18.3. The number of hydrogen-bond donors (Lipinski definition) is 1. The smallest absolute Gasteiger partial charge is 0.255 e. The number of sulfonamides is 1. The largest absolute Gasteiger partial charge is 0.385 e. The van der Waals surface area contributed by atoms with Crippen LogP contribution in [0, 0.1) is 0 Å². The van der Waals surface area contributed by atoms with Gasteiger partial charge in [0.2, 0.25) is 15.9 Å². The van der Waals surface area contributed by atoms with Crippen molar-refractivity contribution in [3.05, 3.63) is 28.8 Å². The maximum absolute atomic E-state index is 12.7. The van der Waals surface area contributed by atoms with Crippen LogP contribution < -0.4 is 5.32 Å². The molecule has 1 N–H and O–H groups in total. The van der Waals surface area contributed by atoms with Crippen molar-refractivity contribution in [2.75, 3.05) is 46.9 Å². The summed E-state index contributed by atoms with van der Waals surface area (Å²) in [6.07, 6.45) is 0.664. The van der Waals surface area contributed by atoms with E-state index in [4.69, 9.17) is 16.3 Å². The highest BCUT2D eigenvalue weighted by Crippen LogP contribution is 2.24. The molecule has 0 spiro atoms. The molecule has 0 bridgehead atoms. The second kappa shape index (κ2) is 11.4. The Balaban J connectivity index is 2.94. The molecule has 0 saturated heterocycles. The van der Waals surface area contributed by atoms with Gasteiger partial charge in [-0.1, -0.05) is 25.4 Å². The van der Waals surface area contributed by atoms with Gasteiger partial charge < -0.3 is 15.0 Å². The Kier molecular flexibility index (Phi) is 9.88. The minimum absolute atomic E-state index is 0.0126. The second-order valence-corrected chi connectivity index (χ2v) is 8.43. The zero-order valence-electron chi connectivity index (χ0n) is 16.7. The van der Waals surface area contributed by atoms with E-state index in [1.165, 1.54) is 34.5 Å². The molecule has 28 heavy (non-hydrogen) atoms. The molecule has 1 rings (SSSR count). The second-order valence-electron chi connectivity index (χ2n) is 6.09. The number of rotatable bonds is 11. The van der Waals surface area contributed by atoms with Crippen molar-refractivity contribution in [3.63, 3.8) is 0 Å². The number of halogens is 1. The van der Waals surface area contributed by atoms with Gasteiger partial charge in [0.1, 0.15) is 0 Å².